The van der Waals surface area contributed by atoms with E-state index in [2.05, 4.69) is 15.1 Å². The summed E-state index contributed by atoms with van der Waals surface area (Å²) in [5.74, 6) is -0.475. The molecular formula is C16H21FN4O3S. The van der Waals surface area contributed by atoms with Crippen molar-refractivity contribution < 1.29 is 17.5 Å². The lowest BCUT2D eigenvalue weighted by atomic mass is 9.99. The van der Waals surface area contributed by atoms with Crippen LogP contribution in [0.5, 0.6) is 0 Å². The van der Waals surface area contributed by atoms with Crippen molar-refractivity contribution in [3.05, 3.63) is 42.5 Å². The number of ether oxygens (including phenoxy) is 1. The first kappa shape index (κ1) is 18.0. The van der Waals surface area contributed by atoms with Gasteiger partial charge in [0, 0.05) is 13.7 Å². The summed E-state index contributed by atoms with van der Waals surface area (Å²) in [7, 11) is -2.16. The number of aromatic nitrogens is 2. The first-order valence-electron chi connectivity index (χ1n) is 7.99. The van der Waals surface area contributed by atoms with Crippen LogP contribution in [0.4, 0.5) is 4.39 Å². The Morgan fingerprint density at radius 3 is 2.92 bits per heavy atom. The number of benzene rings is 1. The SMILES string of the molecule is COCC1(CNS(=O)(=O)c2cnn(-c3ccccc3F)c2)CCCN1. The summed E-state index contributed by atoms with van der Waals surface area (Å²) in [5.41, 5.74) is -0.208. The highest BCUT2D eigenvalue weighted by molar-refractivity contribution is 7.89. The number of hydrogen-bond acceptors (Lipinski definition) is 5. The predicted molar refractivity (Wildman–Crippen MR) is 90.6 cm³/mol. The van der Waals surface area contributed by atoms with Crippen molar-refractivity contribution in [3.8, 4) is 5.69 Å². The van der Waals surface area contributed by atoms with E-state index in [1.807, 2.05) is 0 Å². The van der Waals surface area contributed by atoms with Crippen molar-refractivity contribution >= 4 is 10.0 Å². The molecule has 0 bridgehead atoms. The molecule has 9 heteroatoms. The minimum absolute atomic E-state index is 0.0127. The van der Waals surface area contributed by atoms with Crippen molar-refractivity contribution in [1.29, 1.82) is 0 Å². The minimum Gasteiger partial charge on any atom is -0.383 e. The average Bonchev–Trinajstić information content (AvgIpc) is 3.24. The summed E-state index contributed by atoms with van der Waals surface area (Å²) in [6.07, 6.45) is 4.31. The second kappa shape index (κ2) is 7.20. The molecular weight excluding hydrogens is 347 g/mol. The zero-order chi connectivity index (χ0) is 17.9. The fourth-order valence-electron chi connectivity index (χ4n) is 3.00. The summed E-state index contributed by atoms with van der Waals surface area (Å²) in [4.78, 5) is -0.0127. The van der Waals surface area contributed by atoms with E-state index in [1.54, 1.807) is 19.2 Å². The van der Waals surface area contributed by atoms with Gasteiger partial charge in [-0.25, -0.2) is 22.2 Å². The van der Waals surface area contributed by atoms with Gasteiger partial charge in [0.1, 0.15) is 16.4 Å². The molecule has 1 aliphatic rings. The lowest BCUT2D eigenvalue weighted by Crippen LogP contribution is -2.52. The van der Waals surface area contributed by atoms with E-state index in [9.17, 15) is 12.8 Å². The summed E-state index contributed by atoms with van der Waals surface area (Å²) >= 11 is 0. The molecule has 1 unspecified atom stereocenters. The summed E-state index contributed by atoms with van der Waals surface area (Å²) in [6.45, 7) is 1.47. The number of hydrogen-bond donors (Lipinski definition) is 2. The molecule has 0 radical (unpaired) electrons. The number of nitrogens with one attached hydrogen (secondary N) is 2. The number of halogens is 1. The van der Waals surface area contributed by atoms with E-state index in [0.717, 1.165) is 19.4 Å². The molecule has 0 amide bonds. The van der Waals surface area contributed by atoms with E-state index >= 15 is 0 Å². The van der Waals surface area contributed by atoms with Gasteiger partial charge in [0.15, 0.2) is 0 Å². The van der Waals surface area contributed by atoms with Crippen LogP contribution >= 0.6 is 0 Å². The second-order valence-electron chi connectivity index (χ2n) is 6.14. The molecule has 2 aromatic rings. The zero-order valence-electron chi connectivity index (χ0n) is 13.9. The first-order valence-corrected chi connectivity index (χ1v) is 9.47. The molecule has 2 N–H and O–H groups in total. The maximum Gasteiger partial charge on any atom is 0.243 e. The lowest BCUT2D eigenvalue weighted by Gasteiger charge is -2.28. The van der Waals surface area contributed by atoms with Gasteiger partial charge in [-0.05, 0) is 31.5 Å². The van der Waals surface area contributed by atoms with Gasteiger partial charge in [-0.3, -0.25) is 0 Å². The van der Waals surface area contributed by atoms with E-state index < -0.39 is 21.4 Å². The molecule has 3 rings (SSSR count). The average molecular weight is 368 g/mol. The molecule has 1 atom stereocenters. The maximum atomic E-state index is 13.8. The molecule has 1 aromatic heterocycles. The molecule has 1 aromatic carbocycles. The standard InChI is InChI=1S/C16H21FN4O3S/c1-24-12-16(7-4-8-18-16)11-20-25(22,23)13-9-19-21(10-13)15-6-3-2-5-14(15)17/h2-3,5-6,9-10,18,20H,4,7-8,11-12H2,1H3. The highest BCUT2D eigenvalue weighted by atomic mass is 32.2. The third kappa shape index (κ3) is 3.90. The molecule has 1 fully saturated rings. The Kier molecular flexibility index (Phi) is 5.19. The molecule has 7 nitrogen and oxygen atoms in total. The third-order valence-corrected chi connectivity index (χ3v) is 5.68. The van der Waals surface area contributed by atoms with Gasteiger partial charge >= 0.3 is 0 Å². The Morgan fingerprint density at radius 2 is 2.24 bits per heavy atom. The molecule has 2 heterocycles. The van der Waals surface area contributed by atoms with Crippen LogP contribution in [0.25, 0.3) is 5.69 Å². The molecule has 1 aliphatic heterocycles. The van der Waals surface area contributed by atoms with Crippen LogP contribution in [0.15, 0.2) is 41.6 Å². The van der Waals surface area contributed by atoms with Crippen molar-refractivity contribution in [3.63, 3.8) is 0 Å². The largest absolute Gasteiger partial charge is 0.383 e. The molecule has 0 aliphatic carbocycles. The number of nitrogens with zero attached hydrogens (tertiary/aromatic N) is 2. The Balaban J connectivity index is 1.76. The Morgan fingerprint density at radius 1 is 1.44 bits per heavy atom. The van der Waals surface area contributed by atoms with Crippen molar-refractivity contribution in [1.82, 2.24) is 19.8 Å². The smallest absolute Gasteiger partial charge is 0.243 e. The Labute approximate surface area is 146 Å². The second-order valence-corrected chi connectivity index (χ2v) is 7.91. The van der Waals surface area contributed by atoms with Crippen LogP contribution in [0.3, 0.4) is 0 Å². The van der Waals surface area contributed by atoms with Gasteiger partial charge in [0.2, 0.25) is 10.0 Å². The monoisotopic (exact) mass is 368 g/mol. The number of sulfonamides is 1. The fraction of sp³-hybridized carbons (Fsp3) is 0.438. The Hall–Kier alpha value is -1.81. The van der Waals surface area contributed by atoms with Gasteiger partial charge in [-0.15, -0.1) is 0 Å². The molecule has 1 saturated heterocycles. The van der Waals surface area contributed by atoms with Crippen LogP contribution in [-0.2, 0) is 14.8 Å². The normalized spacial score (nSPS) is 20.9. The maximum absolute atomic E-state index is 13.8. The van der Waals surface area contributed by atoms with E-state index in [0.29, 0.717) is 6.61 Å². The summed E-state index contributed by atoms with van der Waals surface area (Å²) < 4.78 is 47.9. The number of methoxy groups -OCH3 is 1. The Bertz CT molecular complexity index is 831. The van der Waals surface area contributed by atoms with Crippen molar-refractivity contribution in [2.45, 2.75) is 23.3 Å². The fourth-order valence-corrected chi connectivity index (χ4v) is 4.06. The lowest BCUT2D eigenvalue weighted by molar-refractivity contribution is 0.122. The molecule has 25 heavy (non-hydrogen) atoms. The van der Waals surface area contributed by atoms with Gasteiger partial charge in [0.05, 0.1) is 24.5 Å². The van der Waals surface area contributed by atoms with Crippen LogP contribution in [0.1, 0.15) is 12.8 Å². The van der Waals surface area contributed by atoms with Crippen LogP contribution in [0.2, 0.25) is 0 Å². The van der Waals surface area contributed by atoms with E-state index in [1.165, 1.54) is 29.2 Å². The van der Waals surface area contributed by atoms with Crippen LogP contribution in [0, 0.1) is 5.82 Å². The minimum atomic E-state index is -3.76. The summed E-state index contributed by atoms with van der Waals surface area (Å²) in [6, 6.07) is 6.05. The van der Waals surface area contributed by atoms with E-state index in [-0.39, 0.29) is 17.1 Å². The van der Waals surface area contributed by atoms with Gasteiger partial charge < -0.3 is 10.1 Å². The zero-order valence-corrected chi connectivity index (χ0v) is 14.7. The first-order chi connectivity index (χ1) is 12.0. The van der Waals surface area contributed by atoms with Gasteiger partial charge in [0.25, 0.3) is 0 Å². The highest BCUT2D eigenvalue weighted by Crippen LogP contribution is 2.20. The topological polar surface area (TPSA) is 85.2 Å². The highest BCUT2D eigenvalue weighted by Gasteiger charge is 2.35. The number of para-hydroxylation sites is 1. The van der Waals surface area contributed by atoms with E-state index in [4.69, 9.17) is 4.74 Å². The summed E-state index contributed by atoms with van der Waals surface area (Å²) in [5, 5.41) is 7.28. The van der Waals surface area contributed by atoms with Gasteiger partial charge in [-0.2, -0.15) is 5.10 Å². The molecule has 0 spiro atoms. The third-order valence-electron chi connectivity index (χ3n) is 4.32. The van der Waals surface area contributed by atoms with Crippen LogP contribution in [-0.4, -0.2) is 50.5 Å². The van der Waals surface area contributed by atoms with Gasteiger partial charge in [-0.1, -0.05) is 12.1 Å². The predicted octanol–water partition coefficient (Wildman–Crippen LogP) is 1.06. The van der Waals surface area contributed by atoms with Crippen molar-refractivity contribution in [2.24, 2.45) is 0 Å². The van der Waals surface area contributed by atoms with Crippen molar-refractivity contribution in [2.75, 3.05) is 26.8 Å². The van der Waals surface area contributed by atoms with Crippen LogP contribution < -0.4 is 10.0 Å². The molecule has 136 valence electrons. The molecule has 0 saturated carbocycles. The number of rotatable bonds is 7. The quantitative estimate of drug-likeness (QED) is 0.763.